The number of benzene rings is 1. The molecule has 0 amide bonds. The number of rotatable bonds is 7. The van der Waals surface area contributed by atoms with Crippen LogP contribution in [0.1, 0.15) is 18.9 Å². The lowest BCUT2D eigenvalue weighted by Crippen LogP contribution is -2.38. The summed E-state index contributed by atoms with van der Waals surface area (Å²) in [6.45, 7) is 5.41. The van der Waals surface area contributed by atoms with Gasteiger partial charge in [-0.2, -0.15) is 5.10 Å². The van der Waals surface area contributed by atoms with Crippen molar-refractivity contribution < 1.29 is 0 Å². The average molecular weight is 413 g/mol. The predicted molar refractivity (Wildman–Crippen MR) is 102 cm³/mol. The van der Waals surface area contributed by atoms with Crippen LogP contribution in [0, 0.1) is 0 Å². The summed E-state index contributed by atoms with van der Waals surface area (Å²) in [5, 5.41) is 10.8. The van der Waals surface area contributed by atoms with Gasteiger partial charge in [0.15, 0.2) is 5.96 Å². The van der Waals surface area contributed by atoms with Crippen LogP contribution < -0.4 is 10.6 Å². The molecule has 2 rings (SSSR count). The molecule has 0 fully saturated rings. The lowest BCUT2D eigenvalue weighted by molar-refractivity contribution is 0.570. The Morgan fingerprint density at radius 3 is 2.68 bits per heavy atom. The van der Waals surface area contributed by atoms with E-state index in [0.717, 1.165) is 32.0 Å². The Kier molecular flexibility index (Phi) is 9.29. The van der Waals surface area contributed by atoms with E-state index in [1.807, 2.05) is 35.1 Å². The molecule has 0 saturated heterocycles. The van der Waals surface area contributed by atoms with Gasteiger partial charge in [-0.05, 0) is 25.0 Å². The van der Waals surface area contributed by atoms with Crippen LogP contribution in [0.3, 0.4) is 0 Å². The van der Waals surface area contributed by atoms with Crippen molar-refractivity contribution in [1.82, 2.24) is 20.4 Å². The van der Waals surface area contributed by atoms with Crippen molar-refractivity contribution in [3.8, 4) is 0 Å². The van der Waals surface area contributed by atoms with Crippen LogP contribution in [0.4, 0.5) is 0 Å². The number of nitrogens with one attached hydrogen (secondary N) is 2. The Labute approximate surface area is 149 Å². The Hall–Kier alpha value is -1.57. The van der Waals surface area contributed by atoms with E-state index in [0.29, 0.717) is 6.54 Å². The monoisotopic (exact) mass is 413 g/mol. The maximum absolute atomic E-state index is 4.59. The van der Waals surface area contributed by atoms with Crippen molar-refractivity contribution in [2.24, 2.45) is 4.99 Å². The van der Waals surface area contributed by atoms with Crippen molar-refractivity contribution in [3.63, 3.8) is 0 Å². The Balaban J connectivity index is 0.00000242. The molecule has 5 nitrogen and oxygen atoms in total. The Morgan fingerprint density at radius 1 is 1.18 bits per heavy atom. The van der Waals surface area contributed by atoms with Crippen molar-refractivity contribution >= 4 is 29.9 Å². The highest BCUT2D eigenvalue weighted by Gasteiger charge is 1.97. The minimum absolute atomic E-state index is 0. The fraction of sp³-hybridized carbons (Fsp3) is 0.375. The molecule has 0 aliphatic carbocycles. The zero-order valence-corrected chi connectivity index (χ0v) is 15.2. The lowest BCUT2D eigenvalue weighted by Gasteiger charge is -2.11. The first-order valence-electron chi connectivity index (χ1n) is 7.42. The highest BCUT2D eigenvalue weighted by molar-refractivity contribution is 14.0. The second-order valence-corrected chi connectivity index (χ2v) is 4.73. The molecule has 1 aromatic carbocycles. The third-order valence-corrected chi connectivity index (χ3v) is 3.02. The fourth-order valence-electron chi connectivity index (χ4n) is 1.98. The first-order chi connectivity index (χ1) is 10.4. The number of hydrogen-bond donors (Lipinski definition) is 2. The van der Waals surface area contributed by atoms with Gasteiger partial charge < -0.3 is 10.6 Å². The van der Waals surface area contributed by atoms with Crippen LogP contribution in [-0.2, 0) is 13.1 Å². The van der Waals surface area contributed by atoms with Gasteiger partial charge in [0.25, 0.3) is 0 Å². The van der Waals surface area contributed by atoms with E-state index >= 15 is 0 Å². The number of aromatic nitrogens is 2. The van der Waals surface area contributed by atoms with E-state index in [4.69, 9.17) is 0 Å². The maximum Gasteiger partial charge on any atom is 0.191 e. The molecule has 2 N–H and O–H groups in total. The van der Waals surface area contributed by atoms with Crippen molar-refractivity contribution in [2.45, 2.75) is 26.4 Å². The van der Waals surface area contributed by atoms with Gasteiger partial charge in [-0.3, -0.25) is 4.68 Å². The van der Waals surface area contributed by atoms with Gasteiger partial charge in [0.2, 0.25) is 0 Å². The molecule has 0 saturated carbocycles. The molecular formula is C16H24IN5. The zero-order chi connectivity index (χ0) is 14.8. The number of aliphatic imine (C=N–C) groups is 1. The number of halogens is 1. The quantitative estimate of drug-likeness (QED) is 0.318. The van der Waals surface area contributed by atoms with Gasteiger partial charge in [-0.25, -0.2) is 4.99 Å². The van der Waals surface area contributed by atoms with Gasteiger partial charge in [0.05, 0.1) is 6.54 Å². The highest BCUT2D eigenvalue weighted by atomic mass is 127. The minimum atomic E-state index is 0. The van der Waals surface area contributed by atoms with Crippen LogP contribution in [0.5, 0.6) is 0 Å². The minimum Gasteiger partial charge on any atom is -0.357 e. The summed E-state index contributed by atoms with van der Waals surface area (Å²) >= 11 is 0. The maximum atomic E-state index is 4.59. The second-order valence-electron chi connectivity index (χ2n) is 4.73. The summed E-state index contributed by atoms with van der Waals surface area (Å²) in [6, 6.07) is 12.2. The summed E-state index contributed by atoms with van der Waals surface area (Å²) in [6.07, 6.45) is 4.80. The van der Waals surface area contributed by atoms with Gasteiger partial charge in [-0.15, -0.1) is 24.0 Å². The van der Waals surface area contributed by atoms with Crippen LogP contribution in [0.25, 0.3) is 0 Å². The van der Waals surface area contributed by atoms with Gasteiger partial charge >= 0.3 is 0 Å². The van der Waals surface area contributed by atoms with E-state index in [9.17, 15) is 0 Å². The predicted octanol–water partition coefficient (Wildman–Crippen LogP) is 2.65. The molecule has 22 heavy (non-hydrogen) atoms. The average Bonchev–Trinajstić information content (AvgIpc) is 3.03. The molecule has 1 heterocycles. The third kappa shape index (κ3) is 6.93. The standard InChI is InChI=1S/C16H23N5.HI/c1-2-17-16(19-14-15-8-4-3-5-9-15)18-10-6-12-21-13-7-11-20-21;/h3-5,7-9,11,13H,2,6,10,12,14H2,1H3,(H2,17,18,19);1H. The molecule has 6 heteroatoms. The summed E-state index contributed by atoms with van der Waals surface area (Å²) < 4.78 is 1.94. The van der Waals surface area contributed by atoms with Crippen molar-refractivity contribution in [1.29, 1.82) is 0 Å². The van der Waals surface area contributed by atoms with Crippen molar-refractivity contribution in [2.75, 3.05) is 13.1 Å². The first kappa shape index (κ1) is 18.5. The molecule has 0 aliphatic rings. The Bertz CT molecular complexity index is 525. The second kappa shape index (κ2) is 11.1. The summed E-state index contributed by atoms with van der Waals surface area (Å²) in [5.41, 5.74) is 1.21. The van der Waals surface area contributed by atoms with E-state index < -0.39 is 0 Å². The third-order valence-electron chi connectivity index (χ3n) is 3.02. The van der Waals surface area contributed by atoms with Gasteiger partial charge in [-0.1, -0.05) is 30.3 Å². The molecule has 0 spiro atoms. The smallest absolute Gasteiger partial charge is 0.191 e. The molecule has 0 atom stereocenters. The summed E-state index contributed by atoms with van der Waals surface area (Å²) in [7, 11) is 0. The number of nitrogens with zero attached hydrogens (tertiary/aromatic N) is 3. The van der Waals surface area contributed by atoms with E-state index in [1.165, 1.54) is 5.56 Å². The molecule has 1 aromatic heterocycles. The highest BCUT2D eigenvalue weighted by Crippen LogP contribution is 1.99. The van der Waals surface area contributed by atoms with Crippen LogP contribution in [-0.4, -0.2) is 28.8 Å². The van der Waals surface area contributed by atoms with Crippen LogP contribution >= 0.6 is 24.0 Å². The molecule has 2 aromatic rings. The molecule has 0 aliphatic heterocycles. The van der Waals surface area contributed by atoms with E-state index in [2.05, 4.69) is 39.8 Å². The molecule has 120 valence electrons. The molecule has 0 unspecified atom stereocenters. The van der Waals surface area contributed by atoms with Gasteiger partial charge in [0, 0.05) is 32.0 Å². The lowest BCUT2D eigenvalue weighted by atomic mass is 10.2. The van der Waals surface area contributed by atoms with Gasteiger partial charge in [0.1, 0.15) is 0 Å². The van der Waals surface area contributed by atoms with Crippen LogP contribution in [0.15, 0.2) is 53.8 Å². The number of hydrogen-bond acceptors (Lipinski definition) is 2. The summed E-state index contributed by atoms with van der Waals surface area (Å²) in [4.78, 5) is 4.59. The molecular weight excluding hydrogens is 389 g/mol. The van der Waals surface area contributed by atoms with E-state index in [-0.39, 0.29) is 24.0 Å². The zero-order valence-electron chi connectivity index (χ0n) is 12.9. The topological polar surface area (TPSA) is 54.2 Å². The Morgan fingerprint density at radius 2 is 2.00 bits per heavy atom. The normalized spacial score (nSPS) is 10.9. The molecule has 0 bridgehead atoms. The van der Waals surface area contributed by atoms with Crippen LogP contribution in [0.2, 0.25) is 0 Å². The van der Waals surface area contributed by atoms with E-state index in [1.54, 1.807) is 6.20 Å². The number of aryl methyl sites for hydroxylation is 1. The SMILES string of the molecule is CCNC(=NCc1ccccc1)NCCCn1cccn1.I. The first-order valence-corrected chi connectivity index (χ1v) is 7.42. The molecule has 0 radical (unpaired) electrons. The largest absolute Gasteiger partial charge is 0.357 e. The fourth-order valence-corrected chi connectivity index (χ4v) is 1.98. The summed E-state index contributed by atoms with van der Waals surface area (Å²) in [5.74, 6) is 0.863. The number of guanidine groups is 1. The van der Waals surface area contributed by atoms with Crippen molar-refractivity contribution in [3.05, 3.63) is 54.4 Å².